The van der Waals surface area contributed by atoms with Crippen LogP contribution in [0.4, 0.5) is 0 Å². The van der Waals surface area contributed by atoms with E-state index >= 15 is 0 Å². The van der Waals surface area contributed by atoms with Crippen molar-refractivity contribution in [3.05, 3.63) is 23.8 Å². The maximum Gasteiger partial charge on any atom is 0.177 e. The quantitative estimate of drug-likeness (QED) is 0.872. The Kier molecular flexibility index (Phi) is 5.15. The van der Waals surface area contributed by atoms with Gasteiger partial charge in [-0.2, -0.15) is 5.10 Å². The Hall–Kier alpha value is -1.69. The first-order valence-corrected chi connectivity index (χ1v) is 10.2. The number of nitrogens with one attached hydrogen (secondary N) is 1. The van der Waals surface area contributed by atoms with Crippen LogP contribution in [0.1, 0.15) is 44.6 Å². The van der Waals surface area contributed by atoms with E-state index in [-0.39, 0.29) is 0 Å². The largest absolute Gasteiger partial charge is 0.490 e. The molecule has 1 aromatic carbocycles. The number of benzene rings is 1. The van der Waals surface area contributed by atoms with Crippen LogP contribution in [0.15, 0.2) is 28.3 Å². The lowest BCUT2D eigenvalue weighted by molar-refractivity contribution is 0.297. The van der Waals surface area contributed by atoms with Gasteiger partial charge in [0, 0.05) is 17.7 Å². The molecule has 0 spiro atoms. The molecule has 134 valence electrons. The number of hydrogen-bond acceptors (Lipinski definition) is 5. The minimum atomic E-state index is 0.443. The Morgan fingerprint density at radius 2 is 1.96 bits per heavy atom. The summed E-state index contributed by atoms with van der Waals surface area (Å²) < 4.78 is 11.5. The van der Waals surface area contributed by atoms with Crippen LogP contribution in [0.25, 0.3) is 0 Å². The van der Waals surface area contributed by atoms with Crippen molar-refractivity contribution >= 4 is 22.6 Å². The number of ether oxygens (including phenoxy) is 2. The van der Waals surface area contributed by atoms with Crippen molar-refractivity contribution in [3.8, 4) is 11.5 Å². The average molecular weight is 359 g/mol. The maximum absolute atomic E-state index is 5.78. The molecular formula is C19H25N3O2S. The fourth-order valence-corrected chi connectivity index (χ4v) is 4.34. The molecule has 6 heteroatoms. The third-order valence-corrected chi connectivity index (χ3v) is 5.95. The van der Waals surface area contributed by atoms with Crippen molar-refractivity contribution in [2.45, 2.75) is 45.1 Å². The summed E-state index contributed by atoms with van der Waals surface area (Å²) in [7, 11) is 0. The Morgan fingerprint density at radius 3 is 2.76 bits per heavy atom. The molecule has 1 saturated carbocycles. The van der Waals surface area contributed by atoms with E-state index in [1.54, 1.807) is 11.8 Å². The van der Waals surface area contributed by atoms with Crippen LogP contribution in [-0.2, 0) is 0 Å². The van der Waals surface area contributed by atoms with Crippen LogP contribution < -0.4 is 14.9 Å². The Labute approximate surface area is 153 Å². The minimum Gasteiger partial charge on any atom is -0.490 e. The molecule has 2 atom stereocenters. The van der Waals surface area contributed by atoms with E-state index in [0.29, 0.717) is 25.2 Å². The fourth-order valence-electron chi connectivity index (χ4n) is 3.51. The standard InChI is InChI=1S/C19H25N3O2S/c1-13-5-2-3-6-15(13)20-19-22-21-16(12-25-19)14-7-8-17-18(11-14)24-10-4-9-23-17/h7-8,11,13,15H,2-6,9-10,12H2,1H3,(H,20,22). The molecule has 0 aromatic heterocycles. The van der Waals surface area contributed by atoms with E-state index in [4.69, 9.17) is 14.5 Å². The molecule has 0 bridgehead atoms. The molecule has 2 aliphatic heterocycles. The summed E-state index contributed by atoms with van der Waals surface area (Å²) in [5.74, 6) is 3.15. The Balaban J connectivity index is 1.46. The van der Waals surface area contributed by atoms with Gasteiger partial charge in [0.25, 0.3) is 0 Å². The van der Waals surface area contributed by atoms with Gasteiger partial charge in [-0.05, 0) is 37.0 Å². The highest BCUT2D eigenvalue weighted by Gasteiger charge is 2.23. The first-order chi connectivity index (χ1) is 12.3. The van der Waals surface area contributed by atoms with Gasteiger partial charge in [0.05, 0.1) is 25.0 Å². The lowest BCUT2D eigenvalue weighted by Crippen LogP contribution is -2.29. The van der Waals surface area contributed by atoms with Crippen LogP contribution in [0, 0.1) is 5.92 Å². The summed E-state index contributed by atoms with van der Waals surface area (Å²) in [4.78, 5) is 4.90. The van der Waals surface area contributed by atoms with Gasteiger partial charge in [0.2, 0.25) is 0 Å². The number of aliphatic imine (C=N–C) groups is 1. The van der Waals surface area contributed by atoms with Crippen LogP contribution >= 0.6 is 11.8 Å². The monoisotopic (exact) mass is 359 g/mol. The summed E-state index contributed by atoms with van der Waals surface area (Å²) in [5, 5.41) is 5.52. The number of rotatable bonds is 2. The van der Waals surface area contributed by atoms with Crippen LogP contribution in [0.3, 0.4) is 0 Å². The van der Waals surface area contributed by atoms with Crippen molar-refractivity contribution in [1.29, 1.82) is 0 Å². The lowest BCUT2D eigenvalue weighted by atomic mass is 9.86. The van der Waals surface area contributed by atoms with Crippen molar-refractivity contribution in [3.63, 3.8) is 0 Å². The molecule has 25 heavy (non-hydrogen) atoms. The second-order valence-electron chi connectivity index (χ2n) is 6.93. The third-order valence-electron chi connectivity index (χ3n) is 5.06. The number of amidine groups is 1. The zero-order valence-electron chi connectivity index (χ0n) is 14.7. The zero-order chi connectivity index (χ0) is 17.1. The number of fused-ring (bicyclic) bond motifs is 1. The number of nitrogens with zero attached hydrogens (tertiary/aromatic N) is 2. The van der Waals surface area contributed by atoms with Gasteiger partial charge in [0.1, 0.15) is 0 Å². The lowest BCUT2D eigenvalue weighted by Gasteiger charge is -2.26. The van der Waals surface area contributed by atoms with Gasteiger partial charge in [-0.1, -0.05) is 31.5 Å². The molecule has 1 N–H and O–H groups in total. The first-order valence-electron chi connectivity index (χ1n) is 9.23. The van der Waals surface area contributed by atoms with Gasteiger partial charge in [-0.3, -0.25) is 10.4 Å². The van der Waals surface area contributed by atoms with Gasteiger partial charge >= 0.3 is 0 Å². The van der Waals surface area contributed by atoms with Crippen LogP contribution in [-0.4, -0.2) is 35.9 Å². The van der Waals surface area contributed by atoms with E-state index < -0.39 is 0 Å². The second kappa shape index (κ2) is 7.68. The molecule has 1 aliphatic carbocycles. The van der Waals surface area contributed by atoms with E-state index in [1.165, 1.54) is 25.7 Å². The number of thioether (sulfide) groups is 1. The number of hydrogen-bond donors (Lipinski definition) is 1. The Bertz CT molecular complexity index is 689. The molecule has 0 saturated heterocycles. The van der Waals surface area contributed by atoms with E-state index in [2.05, 4.69) is 23.5 Å². The zero-order valence-corrected chi connectivity index (χ0v) is 15.5. The first kappa shape index (κ1) is 16.8. The topological polar surface area (TPSA) is 55.2 Å². The van der Waals surface area contributed by atoms with Crippen molar-refractivity contribution in [2.75, 3.05) is 19.0 Å². The Morgan fingerprint density at radius 1 is 1.12 bits per heavy atom. The fraction of sp³-hybridized carbons (Fsp3) is 0.579. The molecule has 1 fully saturated rings. The molecule has 5 nitrogen and oxygen atoms in total. The molecular weight excluding hydrogens is 334 g/mol. The normalized spacial score (nSPS) is 28.0. The predicted octanol–water partition coefficient (Wildman–Crippen LogP) is 3.82. The van der Waals surface area contributed by atoms with E-state index in [0.717, 1.165) is 40.1 Å². The molecule has 4 rings (SSSR count). The smallest absolute Gasteiger partial charge is 0.177 e. The highest BCUT2D eigenvalue weighted by molar-refractivity contribution is 8.14. The highest BCUT2D eigenvalue weighted by atomic mass is 32.2. The summed E-state index contributed by atoms with van der Waals surface area (Å²) >= 11 is 1.74. The van der Waals surface area contributed by atoms with Gasteiger partial charge in [0.15, 0.2) is 16.7 Å². The predicted molar refractivity (Wildman–Crippen MR) is 103 cm³/mol. The van der Waals surface area contributed by atoms with Gasteiger partial charge in [-0.15, -0.1) is 0 Å². The maximum atomic E-state index is 5.78. The summed E-state index contributed by atoms with van der Waals surface area (Å²) in [6.45, 7) is 3.73. The molecule has 1 aromatic rings. The van der Waals surface area contributed by atoms with Crippen molar-refractivity contribution in [1.82, 2.24) is 5.43 Å². The molecule has 3 aliphatic rings. The summed E-state index contributed by atoms with van der Waals surface area (Å²) in [6.07, 6.45) is 6.04. The molecule has 0 radical (unpaired) electrons. The van der Waals surface area contributed by atoms with Crippen LogP contribution in [0.5, 0.6) is 11.5 Å². The van der Waals surface area contributed by atoms with Gasteiger partial charge < -0.3 is 9.47 Å². The van der Waals surface area contributed by atoms with E-state index in [1.807, 2.05) is 12.1 Å². The SMILES string of the molecule is CC1CCCCC1N=C1NN=C(c2ccc3c(c2)OCCCO3)CS1. The summed E-state index contributed by atoms with van der Waals surface area (Å²) in [6, 6.07) is 6.52. The molecule has 2 heterocycles. The van der Waals surface area contributed by atoms with Gasteiger partial charge in [-0.25, -0.2) is 0 Å². The second-order valence-corrected chi connectivity index (χ2v) is 7.90. The highest BCUT2D eigenvalue weighted by Crippen LogP contribution is 2.32. The average Bonchev–Trinajstić information content (AvgIpc) is 2.89. The van der Waals surface area contributed by atoms with Crippen molar-refractivity contribution < 1.29 is 9.47 Å². The third kappa shape index (κ3) is 3.94. The van der Waals surface area contributed by atoms with E-state index in [9.17, 15) is 0 Å². The minimum absolute atomic E-state index is 0.443. The number of hydrazone groups is 1. The molecule has 2 unspecified atom stereocenters. The van der Waals surface area contributed by atoms with Crippen LogP contribution in [0.2, 0.25) is 0 Å². The summed E-state index contributed by atoms with van der Waals surface area (Å²) in [5.41, 5.74) is 5.26. The molecule has 0 amide bonds. The van der Waals surface area contributed by atoms with Crippen molar-refractivity contribution in [2.24, 2.45) is 16.0 Å².